The van der Waals surface area contributed by atoms with E-state index in [1.807, 2.05) is 5.38 Å². The van der Waals surface area contributed by atoms with E-state index >= 15 is 0 Å². The number of rotatable bonds is 5. The fraction of sp³-hybridized carbons (Fsp3) is 0.353. The molecule has 1 N–H and O–H groups in total. The van der Waals surface area contributed by atoms with Crippen molar-refractivity contribution in [3.63, 3.8) is 0 Å². The molecule has 1 aliphatic heterocycles. The number of carbonyl (C=O) groups excluding carboxylic acids is 1. The number of hydrogen-bond acceptors (Lipinski definition) is 5. The third-order valence-electron chi connectivity index (χ3n) is 4.27. The van der Waals surface area contributed by atoms with Crippen molar-refractivity contribution < 1.29 is 17.9 Å². The molecule has 134 valence electrons. The van der Waals surface area contributed by atoms with Crippen LogP contribution in [0.4, 0.5) is 0 Å². The Morgan fingerprint density at radius 3 is 2.44 bits per heavy atom. The van der Waals surface area contributed by atoms with Gasteiger partial charge in [-0.1, -0.05) is 0 Å². The Kier molecular flexibility index (Phi) is 5.41. The van der Waals surface area contributed by atoms with Gasteiger partial charge in [-0.05, 0) is 48.6 Å². The summed E-state index contributed by atoms with van der Waals surface area (Å²) in [4.78, 5) is 12.3. The normalized spacial score (nSPS) is 16.5. The molecule has 1 aromatic heterocycles. The number of benzene rings is 1. The van der Waals surface area contributed by atoms with Crippen LogP contribution in [0.15, 0.2) is 46.0 Å². The van der Waals surface area contributed by atoms with Crippen molar-refractivity contribution in [2.75, 3.05) is 20.2 Å². The summed E-state index contributed by atoms with van der Waals surface area (Å²) < 4.78 is 31.9. The Bertz CT molecular complexity index is 809. The molecule has 2 heterocycles. The van der Waals surface area contributed by atoms with E-state index in [2.05, 4.69) is 5.32 Å². The molecule has 0 spiro atoms. The second kappa shape index (κ2) is 7.55. The molecule has 0 atom stereocenters. The van der Waals surface area contributed by atoms with Crippen molar-refractivity contribution >= 4 is 27.3 Å². The molecule has 2 aromatic rings. The lowest BCUT2D eigenvalue weighted by atomic mass is 10.1. The van der Waals surface area contributed by atoms with E-state index in [1.165, 1.54) is 15.6 Å². The number of methoxy groups -OCH3 is 1. The van der Waals surface area contributed by atoms with Crippen molar-refractivity contribution in [2.24, 2.45) is 0 Å². The molecule has 0 radical (unpaired) electrons. The van der Waals surface area contributed by atoms with Crippen molar-refractivity contribution in [1.29, 1.82) is 0 Å². The molecule has 0 saturated carbocycles. The van der Waals surface area contributed by atoms with Gasteiger partial charge in [0.2, 0.25) is 10.0 Å². The Labute approximate surface area is 151 Å². The maximum atomic E-state index is 12.7. The number of ether oxygens (including phenoxy) is 1. The summed E-state index contributed by atoms with van der Waals surface area (Å²) in [7, 11) is -1.98. The van der Waals surface area contributed by atoms with Crippen LogP contribution in [0.1, 0.15) is 23.2 Å². The average molecular weight is 380 g/mol. The predicted molar refractivity (Wildman–Crippen MR) is 96.6 cm³/mol. The highest BCUT2D eigenvalue weighted by atomic mass is 32.2. The molecule has 1 saturated heterocycles. The number of nitrogens with one attached hydrogen (secondary N) is 1. The van der Waals surface area contributed by atoms with E-state index in [9.17, 15) is 13.2 Å². The maximum absolute atomic E-state index is 12.7. The summed E-state index contributed by atoms with van der Waals surface area (Å²) >= 11 is 1.48. The van der Waals surface area contributed by atoms with Crippen LogP contribution in [0, 0.1) is 0 Å². The minimum atomic E-state index is -3.52. The highest BCUT2D eigenvalue weighted by molar-refractivity contribution is 7.89. The van der Waals surface area contributed by atoms with Crippen LogP contribution < -0.4 is 10.1 Å². The van der Waals surface area contributed by atoms with Gasteiger partial charge in [-0.25, -0.2) is 8.42 Å². The molecule has 0 unspecified atom stereocenters. The minimum absolute atomic E-state index is 0.00489. The lowest BCUT2D eigenvalue weighted by Crippen LogP contribution is -2.46. The first-order valence-electron chi connectivity index (χ1n) is 7.98. The fourth-order valence-electron chi connectivity index (χ4n) is 2.80. The van der Waals surface area contributed by atoms with E-state index in [4.69, 9.17) is 4.74 Å². The molecule has 25 heavy (non-hydrogen) atoms. The number of carbonyl (C=O) groups is 1. The third-order valence-corrected chi connectivity index (χ3v) is 6.87. The Morgan fingerprint density at radius 2 is 1.88 bits per heavy atom. The summed E-state index contributed by atoms with van der Waals surface area (Å²) in [5.41, 5.74) is 0.651. The van der Waals surface area contributed by atoms with Gasteiger partial charge in [0.15, 0.2) is 0 Å². The summed E-state index contributed by atoms with van der Waals surface area (Å²) in [5.74, 6) is 0.520. The predicted octanol–water partition coefficient (Wildman–Crippen LogP) is 2.34. The molecule has 0 bridgehead atoms. The van der Waals surface area contributed by atoms with Gasteiger partial charge < -0.3 is 10.1 Å². The number of hydrogen-bond donors (Lipinski definition) is 1. The van der Waals surface area contributed by atoms with Gasteiger partial charge in [0, 0.05) is 30.1 Å². The smallest absolute Gasteiger partial charge is 0.252 e. The number of amides is 1. The highest BCUT2D eigenvalue weighted by Crippen LogP contribution is 2.23. The molecule has 3 rings (SSSR count). The second-order valence-corrected chi connectivity index (χ2v) is 8.56. The molecule has 1 aromatic carbocycles. The van der Waals surface area contributed by atoms with E-state index in [0.717, 1.165) is 0 Å². The number of piperidine rings is 1. The number of nitrogens with zero attached hydrogens (tertiary/aromatic N) is 1. The molecular formula is C17H20N2O4S2. The quantitative estimate of drug-likeness (QED) is 0.864. The van der Waals surface area contributed by atoms with Crippen LogP contribution in [0.2, 0.25) is 0 Å². The SMILES string of the molecule is COc1ccc(S(=O)(=O)N2CCC(NC(=O)c3ccsc3)CC2)cc1. The van der Waals surface area contributed by atoms with Crippen molar-refractivity contribution in [3.05, 3.63) is 46.7 Å². The summed E-state index contributed by atoms with van der Waals surface area (Å²) in [6.45, 7) is 0.784. The van der Waals surface area contributed by atoms with Crippen LogP contribution in [0.3, 0.4) is 0 Å². The van der Waals surface area contributed by atoms with Crippen LogP contribution in [0.5, 0.6) is 5.75 Å². The van der Waals surface area contributed by atoms with Crippen molar-refractivity contribution in [3.8, 4) is 5.75 Å². The maximum Gasteiger partial charge on any atom is 0.252 e. The molecular weight excluding hydrogens is 360 g/mol. The first-order chi connectivity index (χ1) is 12.0. The van der Waals surface area contributed by atoms with Gasteiger partial charge in [-0.3, -0.25) is 4.79 Å². The standard InChI is InChI=1S/C17H20N2O4S2/c1-23-15-2-4-16(5-3-15)25(21,22)19-9-6-14(7-10-19)18-17(20)13-8-11-24-12-13/h2-5,8,11-12,14H,6-7,9-10H2,1H3,(H,18,20). The van der Waals surface area contributed by atoms with Gasteiger partial charge in [0.05, 0.1) is 12.0 Å². The van der Waals surface area contributed by atoms with Gasteiger partial charge in [-0.2, -0.15) is 15.6 Å². The largest absolute Gasteiger partial charge is 0.497 e. The zero-order valence-electron chi connectivity index (χ0n) is 13.8. The van der Waals surface area contributed by atoms with E-state index < -0.39 is 10.0 Å². The van der Waals surface area contributed by atoms with Gasteiger partial charge >= 0.3 is 0 Å². The van der Waals surface area contributed by atoms with Gasteiger partial charge in [0.25, 0.3) is 5.91 Å². The molecule has 6 nitrogen and oxygen atoms in total. The Hall–Kier alpha value is -1.90. The van der Waals surface area contributed by atoms with Crippen molar-refractivity contribution in [1.82, 2.24) is 9.62 Å². The summed E-state index contributed by atoms with van der Waals surface area (Å²) in [6.07, 6.45) is 1.20. The average Bonchev–Trinajstić information content (AvgIpc) is 3.17. The number of sulfonamides is 1. The molecule has 1 fully saturated rings. The molecule has 1 amide bonds. The minimum Gasteiger partial charge on any atom is -0.497 e. The molecule has 0 aliphatic carbocycles. The zero-order valence-corrected chi connectivity index (χ0v) is 15.5. The third kappa shape index (κ3) is 4.02. The fourth-order valence-corrected chi connectivity index (χ4v) is 4.91. The van der Waals surface area contributed by atoms with Crippen LogP contribution in [-0.4, -0.2) is 44.9 Å². The van der Waals surface area contributed by atoms with E-state index in [-0.39, 0.29) is 16.8 Å². The van der Waals surface area contributed by atoms with Crippen LogP contribution in [-0.2, 0) is 10.0 Å². The van der Waals surface area contributed by atoms with Gasteiger partial charge in [0.1, 0.15) is 5.75 Å². The van der Waals surface area contributed by atoms with Crippen LogP contribution >= 0.6 is 11.3 Å². The van der Waals surface area contributed by atoms with E-state index in [0.29, 0.717) is 37.2 Å². The topological polar surface area (TPSA) is 75.7 Å². The summed E-state index contributed by atoms with van der Waals surface area (Å²) in [6, 6.07) is 8.16. The first-order valence-corrected chi connectivity index (χ1v) is 10.4. The lowest BCUT2D eigenvalue weighted by Gasteiger charge is -2.31. The lowest BCUT2D eigenvalue weighted by molar-refractivity contribution is 0.0924. The Morgan fingerprint density at radius 1 is 1.20 bits per heavy atom. The van der Waals surface area contributed by atoms with Crippen molar-refractivity contribution in [2.45, 2.75) is 23.8 Å². The Balaban J connectivity index is 1.60. The first kappa shape index (κ1) is 17.9. The van der Waals surface area contributed by atoms with E-state index in [1.54, 1.807) is 42.8 Å². The summed E-state index contributed by atoms with van der Waals surface area (Å²) in [5, 5.41) is 6.64. The van der Waals surface area contributed by atoms with Gasteiger partial charge in [-0.15, -0.1) is 0 Å². The molecule has 8 heteroatoms. The molecule has 1 aliphatic rings. The monoisotopic (exact) mass is 380 g/mol. The second-order valence-electron chi connectivity index (χ2n) is 5.84. The number of thiophene rings is 1. The zero-order chi connectivity index (χ0) is 17.9. The highest BCUT2D eigenvalue weighted by Gasteiger charge is 2.30. The van der Waals surface area contributed by atoms with Crippen LogP contribution in [0.25, 0.3) is 0 Å².